The van der Waals surface area contributed by atoms with E-state index in [1.807, 2.05) is 21.1 Å². The van der Waals surface area contributed by atoms with Crippen molar-refractivity contribution in [2.75, 3.05) is 47.5 Å². The fourth-order valence-corrected chi connectivity index (χ4v) is 9.92. The summed E-state index contributed by atoms with van der Waals surface area (Å²) >= 11 is 0. The molecule has 9 nitrogen and oxygen atoms in total. The van der Waals surface area contributed by atoms with E-state index in [1.54, 1.807) is 0 Å². The van der Waals surface area contributed by atoms with Gasteiger partial charge in [-0.25, -0.2) is 0 Å². The molecule has 0 fully saturated rings. The Hall–Kier alpha value is -0.990. The summed E-state index contributed by atoms with van der Waals surface area (Å²) < 4.78 is 34.1. The third kappa shape index (κ3) is 56.2. The second-order valence-corrected chi connectivity index (χ2v) is 23.5. The first-order valence-electron chi connectivity index (χ1n) is 30.2. The van der Waals surface area contributed by atoms with Gasteiger partial charge in [-0.05, 0) is 12.8 Å². The highest BCUT2D eigenvalue weighted by atomic mass is 31.2. The summed E-state index contributed by atoms with van der Waals surface area (Å²) in [6, 6.07) is 0. The summed E-state index contributed by atoms with van der Waals surface area (Å²) in [6.45, 7) is 4.30. The molecule has 69 heavy (non-hydrogen) atoms. The Bertz CT molecular complexity index is 1130. The molecular weight excluding hydrogens is 882 g/mol. The number of rotatable bonds is 57. The number of likely N-dealkylation sites (N-methyl/N-ethyl adjacent to an activating group) is 1. The molecule has 0 N–H and O–H groups in total. The van der Waals surface area contributed by atoms with Gasteiger partial charge in [0.05, 0.1) is 27.7 Å². The molecule has 0 aromatic heterocycles. The third-order valence-electron chi connectivity index (χ3n) is 13.9. The summed E-state index contributed by atoms with van der Waals surface area (Å²) in [6.07, 6.45) is 58.8. The van der Waals surface area contributed by atoms with Crippen LogP contribution >= 0.6 is 7.82 Å². The molecular formula is C59H118NO8P. The molecule has 0 saturated heterocycles. The fourth-order valence-electron chi connectivity index (χ4n) is 9.19. The Labute approximate surface area is 429 Å². The quantitative estimate of drug-likeness (QED) is 0.0256. The summed E-state index contributed by atoms with van der Waals surface area (Å²) in [4.78, 5) is 37.8. The monoisotopic (exact) mass is 1000 g/mol. The number of carbonyl (C=O) groups is 2. The molecule has 0 heterocycles. The predicted molar refractivity (Wildman–Crippen MR) is 292 cm³/mol. The van der Waals surface area contributed by atoms with Gasteiger partial charge in [0.15, 0.2) is 6.10 Å². The van der Waals surface area contributed by atoms with Gasteiger partial charge in [-0.1, -0.05) is 290 Å². The van der Waals surface area contributed by atoms with E-state index in [4.69, 9.17) is 18.5 Å². The molecule has 0 spiro atoms. The fraction of sp³-hybridized carbons (Fsp3) is 0.966. The zero-order chi connectivity index (χ0) is 50.6. The van der Waals surface area contributed by atoms with Crippen LogP contribution in [0.5, 0.6) is 0 Å². The van der Waals surface area contributed by atoms with E-state index in [-0.39, 0.29) is 32.0 Å². The number of ether oxygens (including phenoxy) is 2. The van der Waals surface area contributed by atoms with E-state index in [0.29, 0.717) is 17.4 Å². The van der Waals surface area contributed by atoms with E-state index in [2.05, 4.69) is 13.8 Å². The number of quaternary nitrogens is 1. The number of nitrogens with zero attached hydrogens (tertiary/aromatic N) is 1. The van der Waals surface area contributed by atoms with Crippen LogP contribution in [0, 0.1) is 0 Å². The van der Waals surface area contributed by atoms with Crippen molar-refractivity contribution in [1.82, 2.24) is 0 Å². The van der Waals surface area contributed by atoms with E-state index >= 15 is 0 Å². The van der Waals surface area contributed by atoms with Gasteiger partial charge < -0.3 is 27.9 Å². The van der Waals surface area contributed by atoms with Gasteiger partial charge in [0, 0.05) is 12.8 Å². The minimum absolute atomic E-state index is 0.0252. The van der Waals surface area contributed by atoms with Gasteiger partial charge in [0.2, 0.25) is 0 Å². The number of unbranched alkanes of at least 4 members (excludes halogenated alkanes) is 43. The average molecular weight is 1000 g/mol. The molecule has 412 valence electrons. The van der Waals surface area contributed by atoms with Crippen LogP contribution in [0.25, 0.3) is 0 Å². The second kappa shape index (κ2) is 51.9. The van der Waals surface area contributed by atoms with Crippen molar-refractivity contribution in [2.24, 2.45) is 0 Å². The minimum atomic E-state index is -4.63. The topological polar surface area (TPSA) is 111 Å². The molecule has 0 saturated carbocycles. The Morgan fingerprint density at radius 1 is 0.391 bits per heavy atom. The normalized spacial score (nSPS) is 13.2. The molecule has 2 unspecified atom stereocenters. The summed E-state index contributed by atoms with van der Waals surface area (Å²) in [5, 5.41) is 0. The molecule has 0 aromatic carbocycles. The molecule has 2 atom stereocenters. The number of phosphoric acid groups is 1. The lowest BCUT2D eigenvalue weighted by Gasteiger charge is -2.28. The molecule has 10 heteroatoms. The van der Waals surface area contributed by atoms with E-state index in [1.165, 1.54) is 250 Å². The number of phosphoric ester groups is 1. The van der Waals surface area contributed by atoms with Crippen LogP contribution in [0.3, 0.4) is 0 Å². The van der Waals surface area contributed by atoms with Crippen molar-refractivity contribution in [3.63, 3.8) is 0 Å². The third-order valence-corrected chi connectivity index (χ3v) is 14.8. The molecule has 0 aliphatic carbocycles. The summed E-state index contributed by atoms with van der Waals surface area (Å²) in [5.74, 6) is -0.811. The van der Waals surface area contributed by atoms with Crippen molar-refractivity contribution >= 4 is 19.8 Å². The first-order valence-corrected chi connectivity index (χ1v) is 31.7. The number of hydrogen-bond donors (Lipinski definition) is 0. The minimum Gasteiger partial charge on any atom is -0.756 e. The largest absolute Gasteiger partial charge is 0.756 e. The van der Waals surface area contributed by atoms with Crippen molar-refractivity contribution in [1.29, 1.82) is 0 Å². The van der Waals surface area contributed by atoms with Gasteiger partial charge >= 0.3 is 11.9 Å². The molecule has 0 bridgehead atoms. The maximum absolute atomic E-state index is 12.8. The number of carbonyl (C=O) groups excluding carboxylic acids is 2. The highest BCUT2D eigenvalue weighted by Gasteiger charge is 2.22. The summed E-state index contributed by atoms with van der Waals surface area (Å²) in [7, 11) is 1.19. The Kier molecular flexibility index (Phi) is 51.1. The van der Waals surface area contributed by atoms with Gasteiger partial charge in [0.25, 0.3) is 7.82 Å². The molecule has 0 radical (unpaired) electrons. The zero-order valence-corrected chi connectivity index (χ0v) is 47.7. The van der Waals surface area contributed by atoms with Gasteiger partial charge in [-0.2, -0.15) is 0 Å². The van der Waals surface area contributed by atoms with Crippen LogP contribution < -0.4 is 4.89 Å². The van der Waals surface area contributed by atoms with Crippen molar-refractivity contribution in [3.8, 4) is 0 Å². The Morgan fingerprint density at radius 3 is 0.928 bits per heavy atom. The van der Waals surface area contributed by atoms with Crippen molar-refractivity contribution < 1.29 is 42.1 Å². The van der Waals surface area contributed by atoms with Crippen LogP contribution in [0.4, 0.5) is 0 Å². The van der Waals surface area contributed by atoms with Gasteiger partial charge in [-0.15, -0.1) is 0 Å². The van der Waals surface area contributed by atoms with Crippen LogP contribution in [0.1, 0.15) is 316 Å². The average Bonchev–Trinajstić information content (AvgIpc) is 3.31. The van der Waals surface area contributed by atoms with Crippen molar-refractivity contribution in [2.45, 2.75) is 322 Å². The Balaban J connectivity index is 3.97. The van der Waals surface area contributed by atoms with Crippen molar-refractivity contribution in [3.05, 3.63) is 0 Å². The van der Waals surface area contributed by atoms with Crippen LogP contribution in [-0.2, 0) is 32.7 Å². The van der Waals surface area contributed by atoms with Crippen LogP contribution in [0.15, 0.2) is 0 Å². The lowest BCUT2D eigenvalue weighted by atomic mass is 10.0. The van der Waals surface area contributed by atoms with Gasteiger partial charge in [0.1, 0.15) is 19.8 Å². The maximum Gasteiger partial charge on any atom is 0.306 e. The molecule has 0 aliphatic rings. The molecule has 0 aliphatic heterocycles. The van der Waals surface area contributed by atoms with Crippen LogP contribution in [0.2, 0.25) is 0 Å². The molecule has 0 aromatic rings. The molecule has 0 amide bonds. The highest BCUT2D eigenvalue weighted by Crippen LogP contribution is 2.38. The van der Waals surface area contributed by atoms with E-state index in [9.17, 15) is 19.0 Å². The predicted octanol–water partition coefficient (Wildman–Crippen LogP) is 18.0. The lowest BCUT2D eigenvalue weighted by Crippen LogP contribution is -2.37. The van der Waals surface area contributed by atoms with Gasteiger partial charge in [-0.3, -0.25) is 14.2 Å². The summed E-state index contributed by atoms with van der Waals surface area (Å²) in [5.41, 5.74) is 0. The zero-order valence-electron chi connectivity index (χ0n) is 46.8. The highest BCUT2D eigenvalue weighted by molar-refractivity contribution is 7.45. The number of esters is 2. The van der Waals surface area contributed by atoms with Crippen LogP contribution in [-0.4, -0.2) is 70.0 Å². The Morgan fingerprint density at radius 2 is 0.652 bits per heavy atom. The van der Waals surface area contributed by atoms with E-state index < -0.39 is 26.5 Å². The second-order valence-electron chi connectivity index (χ2n) is 22.1. The molecule has 0 rings (SSSR count). The first-order chi connectivity index (χ1) is 33.5. The SMILES string of the molecule is CCCCCCCCCCCCCCCCCCCCCCCCCCCCCCCCCC(=O)OC(COC(=O)CCCCCCCCCCCCCCCC)COP(=O)([O-])OCC[N+](C)(C)C. The number of hydrogen-bond acceptors (Lipinski definition) is 8. The standard InChI is InChI=1S/C59H118NO8P/c1-6-8-10-12-14-16-18-20-22-23-24-25-26-27-28-29-30-31-32-33-34-35-36-37-38-40-42-44-46-48-50-52-59(62)68-57(56-67-69(63,64)66-54-53-60(3,4)5)55-65-58(61)51-49-47-45-43-41-39-21-19-17-15-13-11-9-7-2/h57H,6-56H2,1-5H3. The lowest BCUT2D eigenvalue weighted by molar-refractivity contribution is -0.870. The maximum atomic E-state index is 12.8. The van der Waals surface area contributed by atoms with E-state index in [0.717, 1.165) is 32.1 Å². The smallest absolute Gasteiger partial charge is 0.306 e. The first kappa shape index (κ1) is 68.0.